The number of hydrogen-bond donors (Lipinski definition) is 1. The summed E-state index contributed by atoms with van der Waals surface area (Å²) in [5, 5.41) is 0. The molecule has 0 radical (unpaired) electrons. The van der Waals surface area contributed by atoms with Crippen molar-refractivity contribution in [1.82, 2.24) is 0 Å². The molecule has 2 nitrogen and oxygen atoms in total. The van der Waals surface area contributed by atoms with Crippen molar-refractivity contribution in [2.45, 2.75) is 46.7 Å². The number of rotatable bonds is 3. The van der Waals surface area contributed by atoms with Gasteiger partial charge in [-0.05, 0) is 37.0 Å². The lowest BCUT2D eigenvalue weighted by atomic mass is 9.87. The molecule has 0 bridgehead atoms. The molecule has 2 atom stereocenters. The third-order valence-corrected chi connectivity index (χ3v) is 4.40. The van der Waals surface area contributed by atoms with Crippen LogP contribution >= 0.6 is 15.9 Å². The number of hydrogen-bond acceptors (Lipinski definition) is 2. The molecule has 3 heteroatoms. The van der Waals surface area contributed by atoms with E-state index in [1.54, 1.807) is 0 Å². The minimum atomic E-state index is 0.0544. The molecule has 0 amide bonds. The highest BCUT2D eigenvalue weighted by atomic mass is 79.9. The molecular weight excluding hydrogens is 288 g/mol. The standard InChI is InChI=1S/C15H25BrN2/c1-10(17)13-8-7-12(9-14(13)16)18(6)11(2)15(3,4)5/h7-11H,17H2,1-6H3. The SMILES string of the molecule is CC(N)c1ccc(N(C)C(C)C(C)(C)C)cc1Br. The Morgan fingerprint density at radius 3 is 2.17 bits per heavy atom. The molecule has 0 aliphatic heterocycles. The maximum Gasteiger partial charge on any atom is 0.0377 e. The van der Waals surface area contributed by atoms with Gasteiger partial charge in [-0.3, -0.25) is 0 Å². The first kappa shape index (κ1) is 15.5. The average Bonchev–Trinajstić information content (AvgIpc) is 2.25. The molecule has 18 heavy (non-hydrogen) atoms. The Morgan fingerprint density at radius 1 is 1.22 bits per heavy atom. The van der Waals surface area contributed by atoms with Crippen LogP contribution in [0.1, 0.15) is 46.2 Å². The maximum absolute atomic E-state index is 5.93. The molecule has 1 aromatic rings. The first-order valence-electron chi connectivity index (χ1n) is 6.42. The van der Waals surface area contributed by atoms with Crippen molar-refractivity contribution in [1.29, 1.82) is 0 Å². The molecule has 0 fully saturated rings. The van der Waals surface area contributed by atoms with Gasteiger partial charge in [0.15, 0.2) is 0 Å². The highest BCUT2D eigenvalue weighted by Crippen LogP contribution is 2.31. The highest BCUT2D eigenvalue weighted by molar-refractivity contribution is 9.10. The van der Waals surface area contributed by atoms with E-state index in [1.165, 1.54) is 5.69 Å². The summed E-state index contributed by atoms with van der Waals surface area (Å²) in [4.78, 5) is 2.32. The fourth-order valence-corrected chi connectivity index (χ4v) is 2.64. The molecule has 0 spiro atoms. The molecule has 1 rings (SSSR count). The van der Waals surface area contributed by atoms with Crippen molar-refractivity contribution < 1.29 is 0 Å². The van der Waals surface area contributed by atoms with Gasteiger partial charge in [0, 0.05) is 29.3 Å². The first-order valence-corrected chi connectivity index (χ1v) is 7.21. The minimum absolute atomic E-state index is 0.0544. The van der Waals surface area contributed by atoms with Crippen LogP contribution in [0.15, 0.2) is 22.7 Å². The molecule has 0 aromatic heterocycles. The second-order valence-corrected chi connectivity index (χ2v) is 7.00. The van der Waals surface area contributed by atoms with Gasteiger partial charge in [0.1, 0.15) is 0 Å². The molecular formula is C15H25BrN2. The molecule has 2 unspecified atom stereocenters. The quantitative estimate of drug-likeness (QED) is 0.899. The van der Waals surface area contributed by atoms with Gasteiger partial charge >= 0.3 is 0 Å². The van der Waals surface area contributed by atoms with Crippen LogP contribution in [-0.2, 0) is 0 Å². The Morgan fingerprint density at radius 2 is 1.78 bits per heavy atom. The molecule has 0 aliphatic rings. The van der Waals surface area contributed by atoms with Crippen LogP contribution in [0.5, 0.6) is 0 Å². The lowest BCUT2D eigenvalue weighted by molar-refractivity contribution is 0.330. The summed E-state index contributed by atoms with van der Waals surface area (Å²) < 4.78 is 1.09. The van der Waals surface area contributed by atoms with Crippen LogP contribution < -0.4 is 10.6 Å². The lowest BCUT2D eigenvalue weighted by Gasteiger charge is -2.37. The van der Waals surface area contributed by atoms with Crippen molar-refractivity contribution in [3.05, 3.63) is 28.2 Å². The number of nitrogens with zero attached hydrogens (tertiary/aromatic N) is 1. The predicted octanol–water partition coefficient (Wildman–Crippen LogP) is 4.34. The van der Waals surface area contributed by atoms with Gasteiger partial charge < -0.3 is 10.6 Å². The molecule has 0 saturated carbocycles. The number of halogens is 1. The van der Waals surface area contributed by atoms with Gasteiger partial charge in [-0.1, -0.05) is 42.8 Å². The summed E-state index contributed by atoms with van der Waals surface area (Å²) in [6, 6.07) is 6.92. The van der Waals surface area contributed by atoms with E-state index in [-0.39, 0.29) is 11.5 Å². The van der Waals surface area contributed by atoms with Crippen LogP contribution in [0.3, 0.4) is 0 Å². The van der Waals surface area contributed by atoms with E-state index in [4.69, 9.17) is 5.73 Å². The van der Waals surface area contributed by atoms with Crippen LogP contribution in [0.2, 0.25) is 0 Å². The average molecular weight is 313 g/mol. The lowest BCUT2D eigenvalue weighted by Crippen LogP contribution is -2.39. The van der Waals surface area contributed by atoms with Crippen molar-refractivity contribution in [3.8, 4) is 0 Å². The summed E-state index contributed by atoms with van der Waals surface area (Å²) in [5.41, 5.74) is 8.54. The molecule has 0 saturated heterocycles. The van der Waals surface area contributed by atoms with Gasteiger partial charge in [-0.2, -0.15) is 0 Å². The smallest absolute Gasteiger partial charge is 0.0377 e. The second kappa shape index (κ2) is 5.62. The maximum atomic E-state index is 5.93. The van der Waals surface area contributed by atoms with E-state index in [1.807, 2.05) is 6.92 Å². The van der Waals surface area contributed by atoms with Crippen LogP contribution in [0.25, 0.3) is 0 Å². The number of anilines is 1. The fourth-order valence-electron chi connectivity index (χ4n) is 1.91. The van der Waals surface area contributed by atoms with E-state index in [0.717, 1.165) is 10.0 Å². The zero-order valence-corrected chi connectivity index (χ0v) is 13.9. The Hall–Kier alpha value is -0.540. The van der Waals surface area contributed by atoms with Crippen molar-refractivity contribution in [3.63, 3.8) is 0 Å². The Labute approximate surface area is 120 Å². The van der Waals surface area contributed by atoms with Gasteiger partial charge in [0.05, 0.1) is 0 Å². The van der Waals surface area contributed by atoms with Crippen LogP contribution in [0, 0.1) is 5.41 Å². The zero-order valence-electron chi connectivity index (χ0n) is 12.3. The monoisotopic (exact) mass is 312 g/mol. The zero-order chi connectivity index (χ0) is 14.1. The topological polar surface area (TPSA) is 29.3 Å². The summed E-state index contributed by atoms with van der Waals surface area (Å²) in [7, 11) is 2.14. The van der Waals surface area contributed by atoms with E-state index in [9.17, 15) is 0 Å². The predicted molar refractivity (Wildman–Crippen MR) is 84.1 cm³/mol. The number of nitrogens with two attached hydrogens (primary N) is 1. The summed E-state index contributed by atoms with van der Waals surface area (Å²) in [6.45, 7) is 11.0. The van der Waals surface area contributed by atoms with Gasteiger partial charge in [0.2, 0.25) is 0 Å². The van der Waals surface area contributed by atoms with Gasteiger partial charge in [-0.15, -0.1) is 0 Å². The first-order chi connectivity index (χ1) is 8.14. The molecule has 0 heterocycles. The Bertz CT molecular complexity index is 407. The third-order valence-electron chi connectivity index (χ3n) is 3.72. The van der Waals surface area contributed by atoms with E-state index < -0.39 is 0 Å². The third kappa shape index (κ3) is 3.48. The van der Waals surface area contributed by atoms with Crippen molar-refractivity contribution in [2.24, 2.45) is 11.1 Å². The van der Waals surface area contributed by atoms with E-state index in [0.29, 0.717) is 6.04 Å². The fraction of sp³-hybridized carbons (Fsp3) is 0.600. The van der Waals surface area contributed by atoms with Gasteiger partial charge in [0.25, 0.3) is 0 Å². The summed E-state index contributed by atoms with van der Waals surface area (Å²) in [6.07, 6.45) is 0. The van der Waals surface area contributed by atoms with Crippen molar-refractivity contribution >= 4 is 21.6 Å². The highest BCUT2D eigenvalue weighted by Gasteiger charge is 2.24. The van der Waals surface area contributed by atoms with E-state index in [2.05, 4.69) is 73.8 Å². The molecule has 0 aliphatic carbocycles. The summed E-state index contributed by atoms with van der Waals surface area (Å²) >= 11 is 3.61. The van der Waals surface area contributed by atoms with Crippen LogP contribution in [-0.4, -0.2) is 13.1 Å². The Kier molecular flexibility index (Phi) is 4.84. The normalized spacial score (nSPS) is 15.3. The molecule has 2 N–H and O–H groups in total. The Balaban J connectivity index is 3.02. The van der Waals surface area contributed by atoms with Crippen LogP contribution in [0.4, 0.5) is 5.69 Å². The van der Waals surface area contributed by atoms with Crippen molar-refractivity contribution in [2.75, 3.05) is 11.9 Å². The summed E-state index contributed by atoms with van der Waals surface area (Å²) in [5.74, 6) is 0. The van der Waals surface area contributed by atoms with E-state index >= 15 is 0 Å². The number of benzene rings is 1. The largest absolute Gasteiger partial charge is 0.371 e. The second-order valence-electron chi connectivity index (χ2n) is 6.15. The molecule has 102 valence electrons. The minimum Gasteiger partial charge on any atom is -0.371 e. The van der Waals surface area contributed by atoms with Gasteiger partial charge in [-0.25, -0.2) is 0 Å². The molecule has 1 aromatic carbocycles.